The van der Waals surface area contributed by atoms with E-state index in [1.54, 1.807) is 13.0 Å². The number of aromatic hydroxyl groups is 2. The van der Waals surface area contributed by atoms with Crippen molar-refractivity contribution in [1.29, 1.82) is 0 Å². The van der Waals surface area contributed by atoms with Crippen LogP contribution in [0.2, 0.25) is 0 Å². The fourth-order valence-corrected chi connectivity index (χ4v) is 3.43. The Morgan fingerprint density at radius 2 is 1.81 bits per heavy atom. The Balaban J connectivity index is 1.78. The first kappa shape index (κ1) is 24.1. The summed E-state index contributed by atoms with van der Waals surface area (Å²) >= 11 is 0. The average Bonchev–Trinajstić information content (AvgIpc) is 2.76. The molecule has 7 N–H and O–H groups in total. The molecule has 1 aliphatic rings. The van der Waals surface area contributed by atoms with Crippen molar-refractivity contribution in [2.75, 3.05) is 13.2 Å². The van der Waals surface area contributed by atoms with Crippen molar-refractivity contribution in [2.24, 2.45) is 0 Å². The minimum atomic E-state index is -1.56. The van der Waals surface area contributed by atoms with E-state index in [-0.39, 0.29) is 41.1 Å². The minimum absolute atomic E-state index is 0.0274. The topological polar surface area (TPSA) is 190 Å². The van der Waals surface area contributed by atoms with Crippen LogP contribution in [0.5, 0.6) is 11.5 Å². The normalized spacial score (nSPS) is 26.6. The molecule has 2 heterocycles. The quantitative estimate of drug-likeness (QED) is 0.254. The van der Waals surface area contributed by atoms with Gasteiger partial charge in [-0.1, -0.05) is 11.6 Å². The third kappa shape index (κ3) is 4.79. The standard InChI is InChI=1S/C21H26O11/c1-9(8-30-21-19(29)18(28)17(27)15(7-23)32-21)2-3-11-12(24)5-14(26)16-13(25)4-10(6-22)31-20(11)16/h2,4-5,15,17-19,21-24,26-29H,3,6-8H2,1H3/t15-,17-,18-,19+,21+/m0/s1. The van der Waals surface area contributed by atoms with Crippen LogP contribution in [0.1, 0.15) is 18.2 Å². The van der Waals surface area contributed by atoms with Gasteiger partial charge in [-0.3, -0.25) is 4.79 Å². The SMILES string of the molecule is CC(=CCc1c(O)cc(O)c2c(=O)cc(CO)oc12)CO[C@@H]1O[C@@H](CO)[C@H](O)[C@H](O)[C@H]1O. The summed E-state index contributed by atoms with van der Waals surface area (Å²) in [5, 5.41) is 68.3. The molecule has 2 aromatic rings. The lowest BCUT2D eigenvalue weighted by atomic mass is 9.99. The van der Waals surface area contributed by atoms with E-state index < -0.39 is 55.1 Å². The van der Waals surface area contributed by atoms with E-state index in [9.17, 15) is 40.5 Å². The van der Waals surface area contributed by atoms with E-state index in [0.717, 1.165) is 12.1 Å². The van der Waals surface area contributed by atoms with Crippen molar-refractivity contribution in [3.8, 4) is 11.5 Å². The molecule has 0 radical (unpaired) electrons. The van der Waals surface area contributed by atoms with Gasteiger partial charge in [-0.2, -0.15) is 0 Å². The van der Waals surface area contributed by atoms with Crippen molar-refractivity contribution in [2.45, 2.75) is 50.7 Å². The Bertz CT molecular complexity index is 1040. The molecule has 0 bridgehead atoms. The number of ether oxygens (including phenoxy) is 2. The molecule has 1 fully saturated rings. The third-order valence-corrected chi connectivity index (χ3v) is 5.25. The summed E-state index contributed by atoms with van der Waals surface area (Å²) in [5.41, 5.74) is 0.194. The van der Waals surface area contributed by atoms with Crippen LogP contribution >= 0.6 is 0 Å². The molecule has 0 unspecified atom stereocenters. The number of benzene rings is 1. The highest BCUT2D eigenvalue weighted by Gasteiger charge is 2.43. The van der Waals surface area contributed by atoms with Crippen LogP contribution in [0, 0.1) is 0 Å². The number of hydrogen-bond donors (Lipinski definition) is 7. The Hall–Kier alpha value is -2.51. The smallest absolute Gasteiger partial charge is 0.196 e. The first-order valence-electron chi connectivity index (χ1n) is 9.87. The highest BCUT2D eigenvalue weighted by Crippen LogP contribution is 2.34. The van der Waals surface area contributed by atoms with Crippen LogP contribution < -0.4 is 5.43 Å². The summed E-state index contributed by atoms with van der Waals surface area (Å²) < 4.78 is 16.2. The molecule has 3 rings (SSSR count). The Kier molecular flexibility index (Phi) is 7.51. The number of allylic oxidation sites excluding steroid dienone is 1. The summed E-state index contributed by atoms with van der Waals surface area (Å²) in [5.74, 6) is -0.793. The molecule has 11 heteroatoms. The molecule has 0 spiro atoms. The van der Waals surface area contributed by atoms with Crippen molar-refractivity contribution in [3.05, 3.63) is 45.3 Å². The van der Waals surface area contributed by atoms with Crippen molar-refractivity contribution < 1.29 is 49.6 Å². The summed E-state index contributed by atoms with van der Waals surface area (Å²) in [6, 6.07) is 2.08. The summed E-state index contributed by atoms with van der Waals surface area (Å²) in [7, 11) is 0. The molecule has 0 amide bonds. The molecular formula is C21H26O11. The van der Waals surface area contributed by atoms with Gasteiger partial charge in [0.2, 0.25) is 0 Å². The van der Waals surface area contributed by atoms with Crippen LogP contribution in [0.25, 0.3) is 11.0 Å². The number of phenols is 2. The fraction of sp³-hybridized carbons (Fsp3) is 0.476. The van der Waals surface area contributed by atoms with Gasteiger partial charge >= 0.3 is 0 Å². The van der Waals surface area contributed by atoms with Crippen molar-refractivity contribution >= 4 is 11.0 Å². The minimum Gasteiger partial charge on any atom is -0.507 e. The van der Waals surface area contributed by atoms with Gasteiger partial charge in [-0.25, -0.2) is 0 Å². The zero-order valence-electron chi connectivity index (χ0n) is 17.2. The molecule has 1 aromatic heterocycles. The van der Waals surface area contributed by atoms with E-state index in [0.29, 0.717) is 5.57 Å². The van der Waals surface area contributed by atoms with Crippen LogP contribution in [0.4, 0.5) is 0 Å². The molecule has 0 saturated carbocycles. The molecular weight excluding hydrogens is 428 g/mol. The van der Waals surface area contributed by atoms with Crippen LogP contribution in [-0.2, 0) is 22.5 Å². The lowest BCUT2D eigenvalue weighted by Gasteiger charge is -2.39. The lowest BCUT2D eigenvalue weighted by molar-refractivity contribution is -0.299. The van der Waals surface area contributed by atoms with E-state index in [1.165, 1.54) is 0 Å². The van der Waals surface area contributed by atoms with Crippen LogP contribution in [0.15, 0.2) is 33.0 Å². The van der Waals surface area contributed by atoms with Crippen molar-refractivity contribution in [3.63, 3.8) is 0 Å². The number of phenolic OH excluding ortho intramolecular Hbond substituents is 2. The molecule has 0 aliphatic carbocycles. The zero-order chi connectivity index (χ0) is 23.6. The Labute approximate surface area is 182 Å². The van der Waals surface area contributed by atoms with E-state index >= 15 is 0 Å². The first-order valence-corrected chi connectivity index (χ1v) is 9.87. The lowest BCUT2D eigenvalue weighted by Crippen LogP contribution is -2.59. The molecule has 1 aliphatic heterocycles. The maximum Gasteiger partial charge on any atom is 0.196 e. The highest BCUT2D eigenvalue weighted by molar-refractivity contribution is 5.88. The van der Waals surface area contributed by atoms with Gasteiger partial charge in [-0.05, 0) is 13.3 Å². The van der Waals surface area contributed by atoms with Crippen molar-refractivity contribution in [1.82, 2.24) is 0 Å². The number of rotatable bonds is 7. The second-order valence-electron chi connectivity index (χ2n) is 7.60. The van der Waals surface area contributed by atoms with Gasteiger partial charge in [-0.15, -0.1) is 0 Å². The number of fused-ring (bicyclic) bond motifs is 1. The Morgan fingerprint density at radius 1 is 1.09 bits per heavy atom. The summed E-state index contributed by atoms with van der Waals surface area (Å²) in [6.45, 7) is 0.501. The number of hydrogen-bond acceptors (Lipinski definition) is 11. The number of aliphatic hydroxyl groups excluding tert-OH is 5. The second-order valence-corrected chi connectivity index (χ2v) is 7.60. The molecule has 5 atom stereocenters. The first-order chi connectivity index (χ1) is 15.2. The second kappa shape index (κ2) is 9.96. The highest BCUT2D eigenvalue weighted by atomic mass is 16.7. The summed E-state index contributed by atoms with van der Waals surface area (Å²) in [4.78, 5) is 12.2. The third-order valence-electron chi connectivity index (χ3n) is 5.25. The zero-order valence-corrected chi connectivity index (χ0v) is 17.2. The van der Waals surface area contributed by atoms with Gasteiger partial charge in [0, 0.05) is 17.7 Å². The fourth-order valence-electron chi connectivity index (χ4n) is 3.43. The molecule has 1 saturated heterocycles. The maximum atomic E-state index is 12.2. The van der Waals surface area contributed by atoms with E-state index in [4.69, 9.17) is 13.9 Å². The van der Waals surface area contributed by atoms with Gasteiger partial charge in [0.15, 0.2) is 11.7 Å². The van der Waals surface area contributed by atoms with Gasteiger partial charge in [0.05, 0.1) is 13.2 Å². The predicted octanol–water partition coefficient (Wildman–Crippen LogP) is -0.998. The molecule has 1 aromatic carbocycles. The van der Waals surface area contributed by atoms with Gasteiger partial charge in [0.1, 0.15) is 59.3 Å². The molecule has 32 heavy (non-hydrogen) atoms. The van der Waals surface area contributed by atoms with Crippen LogP contribution in [0.3, 0.4) is 0 Å². The largest absolute Gasteiger partial charge is 0.507 e. The molecule has 11 nitrogen and oxygen atoms in total. The average molecular weight is 454 g/mol. The molecule has 176 valence electrons. The van der Waals surface area contributed by atoms with Gasteiger partial charge < -0.3 is 49.6 Å². The van der Waals surface area contributed by atoms with Crippen LogP contribution in [-0.4, -0.2) is 79.7 Å². The van der Waals surface area contributed by atoms with Gasteiger partial charge in [0.25, 0.3) is 0 Å². The summed E-state index contributed by atoms with van der Waals surface area (Å²) in [6.07, 6.45) is -5.24. The monoisotopic (exact) mass is 454 g/mol. The van der Waals surface area contributed by atoms with E-state index in [2.05, 4.69) is 0 Å². The predicted molar refractivity (Wildman–Crippen MR) is 109 cm³/mol. The number of aliphatic hydroxyl groups is 5. The maximum absolute atomic E-state index is 12.2. The van der Waals surface area contributed by atoms with E-state index in [1.807, 2.05) is 0 Å². The Morgan fingerprint density at radius 3 is 2.47 bits per heavy atom.